The largest absolute Gasteiger partial charge is 0.365 e. The lowest BCUT2D eigenvalue weighted by Crippen LogP contribution is -2.34. The summed E-state index contributed by atoms with van der Waals surface area (Å²) in [6.07, 6.45) is 1.58. The molecule has 8 nitrogen and oxygen atoms in total. The van der Waals surface area contributed by atoms with Gasteiger partial charge in [-0.3, -0.25) is 4.79 Å². The van der Waals surface area contributed by atoms with Gasteiger partial charge in [-0.1, -0.05) is 76.9 Å². The van der Waals surface area contributed by atoms with Gasteiger partial charge in [-0.15, -0.1) is 5.10 Å². The van der Waals surface area contributed by atoms with E-state index in [0.29, 0.717) is 43.7 Å². The van der Waals surface area contributed by atoms with Gasteiger partial charge in [0, 0.05) is 34.3 Å². The molecule has 0 fully saturated rings. The molecule has 0 amide bonds. The lowest BCUT2D eigenvalue weighted by atomic mass is 9.96. The van der Waals surface area contributed by atoms with E-state index in [9.17, 15) is 9.59 Å². The molecular formula is C28H19Cl2N5O3. The molecule has 6 rings (SSSR count). The van der Waals surface area contributed by atoms with Crippen LogP contribution in [-0.4, -0.2) is 24.1 Å². The maximum atomic E-state index is 14.2. The zero-order valence-electron chi connectivity index (χ0n) is 20.0. The number of fused-ring (bicyclic) bond motifs is 1. The highest BCUT2D eigenvalue weighted by Gasteiger charge is 2.24. The Labute approximate surface area is 225 Å². The summed E-state index contributed by atoms with van der Waals surface area (Å²) in [5, 5.41) is 9.38. The summed E-state index contributed by atoms with van der Waals surface area (Å²) in [6, 6.07) is 23.4. The molecule has 0 aliphatic heterocycles. The van der Waals surface area contributed by atoms with Crippen molar-refractivity contribution < 1.29 is 4.52 Å². The zero-order chi connectivity index (χ0) is 26.4. The number of rotatable bonds is 5. The number of nitrogens with zero attached hydrogens (tertiary/aromatic N) is 5. The summed E-state index contributed by atoms with van der Waals surface area (Å²) in [5.41, 5.74) is 3.52. The highest BCUT2D eigenvalue weighted by molar-refractivity contribution is 6.31. The molecule has 0 saturated carbocycles. The molecular weight excluding hydrogens is 525 g/mol. The van der Waals surface area contributed by atoms with E-state index in [4.69, 9.17) is 27.7 Å². The Hall–Kier alpha value is -4.40. The summed E-state index contributed by atoms with van der Waals surface area (Å²) in [6.45, 7) is 0.138. The molecule has 3 heterocycles. The first-order valence-corrected chi connectivity index (χ1v) is 12.4. The second kappa shape index (κ2) is 9.48. The number of hydrogen-bond donors (Lipinski definition) is 0. The van der Waals surface area contributed by atoms with Crippen LogP contribution < -0.4 is 11.2 Å². The SMILES string of the molecule is Cn1nc2c(-c3ccc(Cl)cc3)c(-c3ccc(Cl)cc3)c(=O)n(Cc3ccc(-c4ccno4)cc3)n2c1=O. The molecule has 3 aromatic heterocycles. The molecule has 0 spiro atoms. The van der Waals surface area contributed by atoms with E-state index in [1.54, 1.807) is 55.7 Å². The quantitative estimate of drug-likeness (QED) is 0.285. The number of hydrogen-bond acceptors (Lipinski definition) is 5. The average molecular weight is 544 g/mol. The molecule has 0 N–H and O–H groups in total. The Morgan fingerprint density at radius 1 is 0.763 bits per heavy atom. The second-order valence-corrected chi connectivity index (χ2v) is 9.61. The van der Waals surface area contributed by atoms with Gasteiger partial charge >= 0.3 is 5.69 Å². The van der Waals surface area contributed by atoms with Crippen molar-refractivity contribution in [2.75, 3.05) is 0 Å². The maximum Gasteiger partial charge on any atom is 0.365 e. The zero-order valence-corrected chi connectivity index (χ0v) is 21.5. The third-order valence-electron chi connectivity index (χ3n) is 6.34. The van der Waals surface area contributed by atoms with Crippen molar-refractivity contribution in [2.45, 2.75) is 6.54 Å². The Balaban J connectivity index is 1.61. The molecule has 0 saturated heterocycles. The molecule has 38 heavy (non-hydrogen) atoms. The van der Waals surface area contributed by atoms with Crippen LogP contribution in [0, 0.1) is 0 Å². The first-order valence-electron chi connectivity index (χ1n) is 11.7. The molecule has 188 valence electrons. The summed E-state index contributed by atoms with van der Waals surface area (Å²) >= 11 is 12.3. The lowest BCUT2D eigenvalue weighted by molar-refractivity contribution is 0.432. The fraction of sp³-hybridized carbons (Fsp3) is 0.0714. The van der Waals surface area contributed by atoms with E-state index in [1.807, 2.05) is 36.4 Å². The number of benzene rings is 3. The van der Waals surface area contributed by atoms with Gasteiger partial charge in [-0.2, -0.15) is 4.52 Å². The first kappa shape index (κ1) is 24.0. The lowest BCUT2D eigenvalue weighted by Gasteiger charge is -2.16. The average Bonchev–Trinajstić information content (AvgIpc) is 3.56. The van der Waals surface area contributed by atoms with E-state index < -0.39 is 5.69 Å². The molecule has 6 aromatic rings. The normalized spacial score (nSPS) is 11.3. The third kappa shape index (κ3) is 4.13. The standard InChI is InChI=1S/C28H19Cl2N5O3/c1-33-28(37)35-26(32-33)24(19-6-10-21(29)11-7-19)25(20-8-12-22(30)13-9-20)27(36)34(35)16-17-2-4-18(5-3-17)23-14-15-31-38-23/h2-15H,16H2,1H3. The van der Waals surface area contributed by atoms with Crippen LogP contribution in [0.5, 0.6) is 0 Å². The van der Waals surface area contributed by atoms with E-state index in [1.165, 1.54) is 13.9 Å². The Bertz CT molecular complexity index is 1890. The highest BCUT2D eigenvalue weighted by atomic mass is 35.5. The van der Waals surface area contributed by atoms with Crippen molar-refractivity contribution in [2.24, 2.45) is 7.05 Å². The van der Waals surface area contributed by atoms with Crippen LogP contribution in [-0.2, 0) is 13.6 Å². The molecule has 3 aromatic carbocycles. The summed E-state index contributed by atoms with van der Waals surface area (Å²) < 4.78 is 9.20. The van der Waals surface area contributed by atoms with Crippen LogP contribution in [0.3, 0.4) is 0 Å². The van der Waals surface area contributed by atoms with Crippen molar-refractivity contribution in [3.63, 3.8) is 0 Å². The van der Waals surface area contributed by atoms with E-state index in [0.717, 1.165) is 11.1 Å². The van der Waals surface area contributed by atoms with Crippen molar-refractivity contribution in [1.29, 1.82) is 0 Å². The van der Waals surface area contributed by atoms with Crippen LogP contribution in [0.4, 0.5) is 0 Å². The number of halogens is 2. The minimum Gasteiger partial charge on any atom is -0.356 e. The monoisotopic (exact) mass is 543 g/mol. The van der Waals surface area contributed by atoms with Crippen molar-refractivity contribution in [1.82, 2.24) is 24.1 Å². The summed E-state index contributed by atoms with van der Waals surface area (Å²) in [4.78, 5) is 27.5. The summed E-state index contributed by atoms with van der Waals surface area (Å²) in [5.74, 6) is 0.636. The van der Waals surface area contributed by atoms with Crippen LogP contribution in [0.25, 0.3) is 39.2 Å². The molecule has 0 bridgehead atoms. The topological polar surface area (TPSA) is 87.3 Å². The van der Waals surface area contributed by atoms with Crippen LogP contribution >= 0.6 is 23.2 Å². The van der Waals surface area contributed by atoms with Gasteiger partial charge in [0.25, 0.3) is 5.56 Å². The van der Waals surface area contributed by atoms with E-state index >= 15 is 0 Å². The first-order chi connectivity index (χ1) is 18.4. The third-order valence-corrected chi connectivity index (χ3v) is 6.85. The molecule has 10 heteroatoms. The molecule has 0 radical (unpaired) electrons. The van der Waals surface area contributed by atoms with Crippen molar-refractivity contribution in [3.8, 4) is 33.6 Å². The second-order valence-electron chi connectivity index (χ2n) is 8.74. The Kier molecular flexibility index (Phi) is 5.98. The number of aryl methyl sites for hydroxylation is 1. The maximum absolute atomic E-state index is 14.2. The molecule has 0 aliphatic carbocycles. The van der Waals surface area contributed by atoms with Crippen LogP contribution in [0.2, 0.25) is 10.0 Å². The summed E-state index contributed by atoms with van der Waals surface area (Å²) in [7, 11) is 1.56. The molecule has 0 aliphatic rings. The van der Waals surface area contributed by atoms with Gasteiger partial charge in [0.05, 0.1) is 18.3 Å². The predicted molar refractivity (Wildman–Crippen MR) is 147 cm³/mol. The van der Waals surface area contributed by atoms with Gasteiger partial charge in [0.1, 0.15) is 0 Å². The molecule has 0 atom stereocenters. The van der Waals surface area contributed by atoms with E-state index in [-0.39, 0.29) is 12.1 Å². The van der Waals surface area contributed by atoms with Gasteiger partial charge < -0.3 is 4.52 Å². The molecule has 0 unspecified atom stereocenters. The van der Waals surface area contributed by atoms with Gasteiger partial charge in [-0.25, -0.2) is 14.2 Å². The van der Waals surface area contributed by atoms with Gasteiger partial charge in [0.15, 0.2) is 11.4 Å². The minimum atomic E-state index is -0.437. The van der Waals surface area contributed by atoms with Crippen LogP contribution in [0.1, 0.15) is 5.56 Å². The predicted octanol–water partition coefficient (Wildman–Crippen LogP) is 5.54. The van der Waals surface area contributed by atoms with E-state index in [2.05, 4.69) is 10.3 Å². The fourth-order valence-electron chi connectivity index (χ4n) is 4.50. The number of aromatic nitrogens is 5. The highest BCUT2D eigenvalue weighted by Crippen LogP contribution is 2.33. The Morgan fingerprint density at radius 2 is 1.34 bits per heavy atom. The fourth-order valence-corrected chi connectivity index (χ4v) is 4.75. The minimum absolute atomic E-state index is 0.138. The smallest absolute Gasteiger partial charge is 0.356 e. The van der Waals surface area contributed by atoms with Crippen LogP contribution in [0.15, 0.2) is 99.2 Å². The van der Waals surface area contributed by atoms with Crippen molar-refractivity contribution >= 4 is 28.8 Å². The van der Waals surface area contributed by atoms with Gasteiger partial charge in [-0.05, 0) is 41.0 Å². The Morgan fingerprint density at radius 3 is 1.92 bits per heavy atom. The van der Waals surface area contributed by atoms with Gasteiger partial charge in [0.2, 0.25) is 0 Å². The van der Waals surface area contributed by atoms with Crippen molar-refractivity contribution in [3.05, 3.63) is 122 Å².